The van der Waals surface area contributed by atoms with Crippen LogP contribution in [0.5, 0.6) is 0 Å². The predicted molar refractivity (Wildman–Crippen MR) is 125 cm³/mol. The third kappa shape index (κ3) is 4.93. The fourth-order valence-electron chi connectivity index (χ4n) is 3.44. The van der Waals surface area contributed by atoms with Crippen molar-refractivity contribution in [1.29, 1.82) is 0 Å². The highest BCUT2D eigenvalue weighted by Gasteiger charge is 2.31. The molecule has 0 N–H and O–H groups in total. The number of pyridine rings is 1. The van der Waals surface area contributed by atoms with E-state index < -0.39 is 6.04 Å². The minimum absolute atomic E-state index is 0.188. The van der Waals surface area contributed by atoms with Crippen LogP contribution in [0.1, 0.15) is 33.2 Å². The maximum Gasteiger partial charge on any atom is 0.259 e. The Balaban J connectivity index is 1.88. The molecule has 8 heteroatoms. The zero-order chi connectivity index (χ0) is 21.8. The lowest BCUT2D eigenvalue weighted by Gasteiger charge is -2.32. The van der Waals surface area contributed by atoms with Crippen molar-refractivity contribution in [1.82, 2.24) is 13.7 Å². The lowest BCUT2D eigenvalue weighted by Crippen LogP contribution is -2.37. The molecule has 0 aliphatic carbocycles. The largest absolute Gasteiger partial charge is 0.299 e. The van der Waals surface area contributed by atoms with E-state index in [4.69, 9.17) is 23.2 Å². The summed E-state index contributed by atoms with van der Waals surface area (Å²) in [4.78, 5) is 19.7. The van der Waals surface area contributed by atoms with Crippen molar-refractivity contribution in [2.45, 2.75) is 19.4 Å². The minimum atomic E-state index is -0.407. The van der Waals surface area contributed by atoms with Crippen LogP contribution in [0.2, 0.25) is 10.0 Å². The summed E-state index contributed by atoms with van der Waals surface area (Å²) in [6, 6.07) is 16.4. The first kappa shape index (κ1) is 21.4. The average Bonchev–Trinajstić information content (AvgIpc) is 3.28. The Kier molecular flexibility index (Phi) is 6.61. The topological polar surface area (TPSA) is 59.0 Å². The van der Waals surface area contributed by atoms with Crippen molar-refractivity contribution in [3.63, 3.8) is 0 Å². The number of nitrogens with zero attached hydrogens (tertiary/aromatic N) is 4. The molecule has 1 amide bonds. The van der Waals surface area contributed by atoms with Gasteiger partial charge in [0.05, 0.1) is 29.7 Å². The molecule has 0 radical (unpaired) electrons. The van der Waals surface area contributed by atoms with Gasteiger partial charge in [0.25, 0.3) is 5.91 Å². The molecule has 0 spiro atoms. The Morgan fingerprint density at radius 1 is 1.06 bits per heavy atom. The van der Waals surface area contributed by atoms with Crippen molar-refractivity contribution in [2.75, 3.05) is 4.90 Å². The maximum atomic E-state index is 13.9. The second-order valence-electron chi connectivity index (χ2n) is 7.03. The number of amides is 1. The molecule has 0 saturated carbocycles. The van der Waals surface area contributed by atoms with Crippen LogP contribution in [0.4, 0.5) is 5.69 Å². The third-order valence-electron chi connectivity index (χ3n) is 4.90. The van der Waals surface area contributed by atoms with E-state index in [0.29, 0.717) is 33.4 Å². The van der Waals surface area contributed by atoms with Crippen LogP contribution in [0, 0.1) is 6.92 Å². The van der Waals surface area contributed by atoms with Crippen LogP contribution < -0.4 is 4.90 Å². The summed E-state index contributed by atoms with van der Waals surface area (Å²) in [5.41, 5.74) is 3.68. The van der Waals surface area contributed by atoms with Gasteiger partial charge >= 0.3 is 0 Å². The first-order valence-electron chi connectivity index (χ1n) is 9.54. The quantitative estimate of drug-likeness (QED) is 0.338. The number of hydrogen-bond acceptors (Lipinski definition) is 5. The van der Waals surface area contributed by atoms with Crippen LogP contribution in [0.15, 0.2) is 73.2 Å². The van der Waals surface area contributed by atoms with E-state index in [1.807, 2.05) is 37.3 Å². The van der Waals surface area contributed by atoms with Crippen molar-refractivity contribution in [3.05, 3.63) is 106 Å². The number of hydrogen-bond donors (Lipinski definition) is 0. The minimum Gasteiger partial charge on any atom is -0.299 e. The summed E-state index contributed by atoms with van der Waals surface area (Å²) >= 11 is 13.7. The standard InChI is InChI=1S/C23H18Cl2N4OS/c1-15-13-26-8-7-20(15)23(30)29(19-11-17(24)10-18(25)12-19)22(21-14-27-31-28-21)9-16-5-3-2-4-6-16/h2-8,10-14,22H,9H2,1H3. The van der Waals surface area contributed by atoms with Crippen LogP contribution >= 0.6 is 34.9 Å². The smallest absolute Gasteiger partial charge is 0.259 e. The summed E-state index contributed by atoms with van der Waals surface area (Å²) in [6.07, 6.45) is 5.53. The van der Waals surface area contributed by atoms with E-state index in [-0.39, 0.29) is 5.91 Å². The van der Waals surface area contributed by atoms with Crippen LogP contribution in [-0.4, -0.2) is 19.6 Å². The van der Waals surface area contributed by atoms with Gasteiger partial charge in [-0.05, 0) is 48.7 Å². The van der Waals surface area contributed by atoms with Crippen molar-refractivity contribution < 1.29 is 4.79 Å². The SMILES string of the molecule is Cc1cnccc1C(=O)N(c1cc(Cl)cc(Cl)c1)C(Cc1ccccc1)c1cnsn1. The van der Waals surface area contributed by atoms with Crippen molar-refractivity contribution >= 4 is 46.5 Å². The van der Waals surface area contributed by atoms with Crippen molar-refractivity contribution in [2.24, 2.45) is 0 Å². The average molecular weight is 469 g/mol. The number of benzene rings is 2. The van der Waals surface area contributed by atoms with Crippen LogP contribution in [-0.2, 0) is 6.42 Å². The number of rotatable bonds is 6. The summed E-state index contributed by atoms with van der Waals surface area (Å²) in [5, 5.41) is 0.892. The molecule has 0 fully saturated rings. The van der Waals surface area contributed by atoms with Gasteiger partial charge in [0, 0.05) is 33.7 Å². The van der Waals surface area contributed by atoms with Gasteiger partial charge in [-0.15, -0.1) is 0 Å². The van der Waals surface area contributed by atoms with Gasteiger partial charge in [-0.1, -0.05) is 53.5 Å². The Bertz CT molecular complexity index is 1170. The fourth-order valence-corrected chi connectivity index (χ4v) is 4.42. The monoisotopic (exact) mass is 468 g/mol. The molecule has 31 heavy (non-hydrogen) atoms. The molecule has 0 aliphatic heterocycles. The lowest BCUT2D eigenvalue weighted by atomic mass is 9.99. The molecule has 4 aromatic rings. The second-order valence-corrected chi connectivity index (χ2v) is 8.46. The number of halogens is 2. The zero-order valence-electron chi connectivity index (χ0n) is 16.6. The number of aromatic nitrogens is 3. The normalized spacial score (nSPS) is 11.8. The van der Waals surface area contributed by atoms with E-state index in [0.717, 1.165) is 22.9 Å². The molecule has 5 nitrogen and oxygen atoms in total. The molecule has 2 aromatic carbocycles. The van der Waals surface area contributed by atoms with Gasteiger partial charge < -0.3 is 0 Å². The lowest BCUT2D eigenvalue weighted by molar-refractivity contribution is 0.0975. The fraction of sp³-hybridized carbons (Fsp3) is 0.130. The summed E-state index contributed by atoms with van der Waals surface area (Å²) < 4.78 is 8.64. The predicted octanol–water partition coefficient (Wildman–Crippen LogP) is 6.18. The zero-order valence-corrected chi connectivity index (χ0v) is 18.9. The Morgan fingerprint density at radius 3 is 2.45 bits per heavy atom. The van der Waals surface area contributed by atoms with Crippen LogP contribution in [0.25, 0.3) is 0 Å². The van der Waals surface area contributed by atoms with E-state index >= 15 is 0 Å². The second kappa shape index (κ2) is 9.56. The molecular weight excluding hydrogens is 451 g/mol. The van der Waals surface area contributed by atoms with Gasteiger partial charge in [0.15, 0.2) is 0 Å². The number of aryl methyl sites for hydroxylation is 1. The summed E-state index contributed by atoms with van der Waals surface area (Å²) in [6.45, 7) is 1.86. The van der Waals surface area contributed by atoms with Gasteiger partial charge in [-0.3, -0.25) is 14.7 Å². The molecule has 1 atom stereocenters. The Labute approximate surface area is 194 Å². The van der Waals surface area contributed by atoms with Gasteiger partial charge in [0.2, 0.25) is 0 Å². The molecule has 0 aliphatic rings. The molecule has 1 unspecified atom stereocenters. The summed E-state index contributed by atoms with van der Waals surface area (Å²) in [7, 11) is 0. The molecule has 4 rings (SSSR count). The molecule has 2 heterocycles. The third-order valence-corrected chi connectivity index (χ3v) is 5.83. The molecule has 0 bridgehead atoms. The number of anilines is 1. The highest BCUT2D eigenvalue weighted by Crippen LogP contribution is 2.35. The van der Waals surface area contributed by atoms with Crippen LogP contribution in [0.3, 0.4) is 0 Å². The Hall–Kier alpha value is -2.80. The van der Waals surface area contributed by atoms with E-state index in [9.17, 15) is 4.79 Å². The van der Waals surface area contributed by atoms with Gasteiger partial charge in [0.1, 0.15) is 0 Å². The highest BCUT2D eigenvalue weighted by atomic mass is 35.5. The molecule has 2 aromatic heterocycles. The van der Waals surface area contributed by atoms with Gasteiger partial charge in [-0.2, -0.15) is 8.75 Å². The van der Waals surface area contributed by atoms with Crippen molar-refractivity contribution in [3.8, 4) is 0 Å². The first-order chi connectivity index (χ1) is 15.0. The summed E-state index contributed by atoms with van der Waals surface area (Å²) in [5.74, 6) is -0.188. The Morgan fingerprint density at radius 2 is 1.81 bits per heavy atom. The number of carbonyl (C=O) groups is 1. The molecule has 0 saturated heterocycles. The van der Waals surface area contributed by atoms with E-state index in [1.54, 1.807) is 47.8 Å². The maximum absolute atomic E-state index is 13.9. The molecule has 156 valence electrons. The first-order valence-corrected chi connectivity index (χ1v) is 11.0. The molecular formula is C23H18Cl2N4OS. The van der Waals surface area contributed by atoms with Gasteiger partial charge in [-0.25, -0.2) is 0 Å². The van der Waals surface area contributed by atoms with E-state index in [2.05, 4.69) is 13.7 Å². The van der Waals surface area contributed by atoms with E-state index in [1.165, 1.54) is 0 Å². The highest BCUT2D eigenvalue weighted by molar-refractivity contribution is 6.99. The number of carbonyl (C=O) groups excluding carboxylic acids is 1.